The number of amides is 2. The van der Waals surface area contributed by atoms with Gasteiger partial charge in [-0.2, -0.15) is 5.10 Å². The molecule has 2 fully saturated rings. The van der Waals surface area contributed by atoms with Crippen LogP contribution in [0.15, 0.2) is 77.7 Å². The highest BCUT2D eigenvalue weighted by Crippen LogP contribution is 2.49. The lowest BCUT2D eigenvalue weighted by atomic mass is 10.1. The predicted molar refractivity (Wildman–Crippen MR) is 119 cm³/mol. The summed E-state index contributed by atoms with van der Waals surface area (Å²) < 4.78 is 7.12. The summed E-state index contributed by atoms with van der Waals surface area (Å²) in [5.74, 6) is 0.806. The van der Waals surface area contributed by atoms with E-state index in [0.717, 1.165) is 24.0 Å². The molecule has 2 aromatic carbocycles. The third-order valence-corrected chi connectivity index (χ3v) is 6.66. The highest BCUT2D eigenvalue weighted by molar-refractivity contribution is 6.06. The van der Waals surface area contributed by atoms with Crippen LogP contribution in [0.25, 0.3) is 16.7 Å². The molecule has 2 aromatic heterocycles. The van der Waals surface area contributed by atoms with Gasteiger partial charge in [0.2, 0.25) is 0 Å². The van der Waals surface area contributed by atoms with E-state index in [0.29, 0.717) is 35.1 Å². The standard InChI is InChI=1S/C25H22N4O3/c30-24(18-6-3-8-23-17(18)9-12-32-23)26-14-22-20-13-16(20)15-28(22)25(31)19-5-1-2-7-21(19)29-11-4-10-27-29/h1-12,16,20,22H,13-15H2,(H,26,30)/t16-,20-,22-/m1/s1. The molecule has 3 atom stereocenters. The Kier molecular flexibility index (Phi) is 4.35. The molecule has 0 bridgehead atoms. The number of para-hydroxylation sites is 1. The van der Waals surface area contributed by atoms with Crippen molar-refractivity contribution in [3.8, 4) is 5.69 Å². The van der Waals surface area contributed by atoms with Gasteiger partial charge < -0.3 is 14.6 Å². The van der Waals surface area contributed by atoms with Crippen molar-refractivity contribution in [2.24, 2.45) is 11.8 Å². The van der Waals surface area contributed by atoms with Crippen molar-refractivity contribution in [2.75, 3.05) is 13.1 Å². The number of furan rings is 1. The van der Waals surface area contributed by atoms with Crippen LogP contribution < -0.4 is 5.32 Å². The molecule has 4 aromatic rings. The first kappa shape index (κ1) is 18.9. The number of rotatable bonds is 5. The Morgan fingerprint density at radius 1 is 1.06 bits per heavy atom. The number of piperidine rings is 1. The molecule has 160 valence electrons. The van der Waals surface area contributed by atoms with Crippen molar-refractivity contribution in [2.45, 2.75) is 12.5 Å². The minimum absolute atomic E-state index is 0.00863. The molecule has 1 N–H and O–H groups in total. The van der Waals surface area contributed by atoms with Crippen molar-refractivity contribution >= 4 is 22.8 Å². The molecule has 3 heterocycles. The van der Waals surface area contributed by atoms with Crippen LogP contribution in [0.5, 0.6) is 0 Å². The number of nitrogens with zero attached hydrogens (tertiary/aromatic N) is 3. The Labute approximate surface area is 184 Å². The summed E-state index contributed by atoms with van der Waals surface area (Å²) in [7, 11) is 0. The molecule has 1 saturated heterocycles. The number of hydrogen-bond acceptors (Lipinski definition) is 4. The molecule has 32 heavy (non-hydrogen) atoms. The fraction of sp³-hybridized carbons (Fsp3) is 0.240. The van der Waals surface area contributed by atoms with Gasteiger partial charge in [-0.15, -0.1) is 0 Å². The second kappa shape index (κ2) is 7.37. The normalized spacial score (nSPS) is 21.5. The van der Waals surface area contributed by atoms with Crippen LogP contribution in [0.4, 0.5) is 0 Å². The van der Waals surface area contributed by atoms with E-state index in [1.165, 1.54) is 0 Å². The molecule has 2 aliphatic rings. The third kappa shape index (κ3) is 3.09. The number of carbonyl (C=O) groups excluding carboxylic acids is 2. The molecule has 0 radical (unpaired) electrons. The van der Waals surface area contributed by atoms with Crippen LogP contribution in [-0.2, 0) is 0 Å². The lowest BCUT2D eigenvalue weighted by molar-refractivity contribution is 0.0695. The zero-order chi connectivity index (χ0) is 21.7. The van der Waals surface area contributed by atoms with Gasteiger partial charge in [-0.25, -0.2) is 4.68 Å². The van der Waals surface area contributed by atoms with Gasteiger partial charge in [-0.05, 0) is 54.7 Å². The molecule has 7 heteroatoms. The van der Waals surface area contributed by atoms with E-state index >= 15 is 0 Å². The van der Waals surface area contributed by atoms with E-state index in [4.69, 9.17) is 4.42 Å². The lowest BCUT2D eigenvalue weighted by Crippen LogP contribution is -2.45. The highest BCUT2D eigenvalue weighted by atomic mass is 16.3. The Balaban J connectivity index is 1.22. The molecule has 0 unspecified atom stereocenters. The smallest absolute Gasteiger partial charge is 0.256 e. The molecular formula is C25H22N4O3. The number of fused-ring (bicyclic) bond motifs is 2. The van der Waals surface area contributed by atoms with Gasteiger partial charge in [0.1, 0.15) is 5.58 Å². The van der Waals surface area contributed by atoms with Crippen molar-refractivity contribution < 1.29 is 14.0 Å². The van der Waals surface area contributed by atoms with E-state index in [1.807, 2.05) is 53.6 Å². The second-order valence-corrected chi connectivity index (χ2v) is 8.50. The maximum absolute atomic E-state index is 13.6. The summed E-state index contributed by atoms with van der Waals surface area (Å²) in [6, 6.07) is 16.6. The zero-order valence-electron chi connectivity index (χ0n) is 17.3. The summed E-state index contributed by atoms with van der Waals surface area (Å²) in [4.78, 5) is 28.4. The van der Waals surface area contributed by atoms with Crippen LogP contribution in [-0.4, -0.2) is 45.6 Å². The number of benzene rings is 2. The van der Waals surface area contributed by atoms with E-state index in [9.17, 15) is 9.59 Å². The van der Waals surface area contributed by atoms with E-state index in [1.54, 1.807) is 29.3 Å². The lowest BCUT2D eigenvalue weighted by Gasteiger charge is -2.28. The first-order valence-corrected chi connectivity index (χ1v) is 10.8. The van der Waals surface area contributed by atoms with Crippen molar-refractivity contribution in [3.05, 3.63) is 84.4 Å². The predicted octanol–water partition coefficient (Wildman–Crippen LogP) is 3.51. The van der Waals surface area contributed by atoms with Crippen LogP contribution in [0, 0.1) is 11.8 Å². The van der Waals surface area contributed by atoms with Crippen molar-refractivity contribution in [1.29, 1.82) is 0 Å². The monoisotopic (exact) mass is 426 g/mol. The molecule has 7 nitrogen and oxygen atoms in total. The average Bonchev–Trinajstić information content (AvgIpc) is 3.25. The van der Waals surface area contributed by atoms with Gasteiger partial charge in [0.15, 0.2) is 0 Å². The summed E-state index contributed by atoms with van der Waals surface area (Å²) in [5.41, 5.74) is 2.66. The number of carbonyl (C=O) groups is 2. The minimum atomic E-state index is -0.148. The molecule has 1 aliphatic carbocycles. The maximum Gasteiger partial charge on any atom is 0.256 e. The Hall–Kier alpha value is -3.87. The summed E-state index contributed by atoms with van der Waals surface area (Å²) in [6.07, 6.45) is 6.24. The molecule has 1 aliphatic heterocycles. The molecule has 2 amide bonds. The highest BCUT2D eigenvalue weighted by Gasteiger charge is 2.54. The van der Waals surface area contributed by atoms with Gasteiger partial charge in [-0.3, -0.25) is 9.59 Å². The van der Waals surface area contributed by atoms with Crippen LogP contribution >= 0.6 is 0 Å². The Morgan fingerprint density at radius 3 is 2.81 bits per heavy atom. The molecule has 1 saturated carbocycles. The summed E-state index contributed by atoms with van der Waals surface area (Å²) in [5, 5.41) is 8.15. The van der Waals surface area contributed by atoms with Crippen molar-refractivity contribution in [1.82, 2.24) is 20.0 Å². The first-order valence-electron chi connectivity index (χ1n) is 10.8. The van der Waals surface area contributed by atoms with Crippen LogP contribution in [0.2, 0.25) is 0 Å². The minimum Gasteiger partial charge on any atom is -0.464 e. The first-order chi connectivity index (χ1) is 15.7. The van der Waals surface area contributed by atoms with Crippen LogP contribution in [0.1, 0.15) is 27.1 Å². The Morgan fingerprint density at radius 2 is 1.94 bits per heavy atom. The largest absolute Gasteiger partial charge is 0.464 e. The van der Waals surface area contributed by atoms with Crippen LogP contribution in [0.3, 0.4) is 0 Å². The van der Waals surface area contributed by atoms with E-state index in [2.05, 4.69) is 10.4 Å². The SMILES string of the molecule is O=C(NC[C@@H]1[C@@H]2C[C@@H]2CN1C(=O)c1ccccc1-n1cccn1)c1cccc2occc12. The Bertz CT molecular complexity index is 1310. The van der Waals surface area contributed by atoms with E-state index < -0.39 is 0 Å². The number of aromatic nitrogens is 2. The number of nitrogens with one attached hydrogen (secondary N) is 1. The second-order valence-electron chi connectivity index (χ2n) is 8.50. The topological polar surface area (TPSA) is 80.4 Å². The van der Waals surface area contributed by atoms with Gasteiger partial charge in [-0.1, -0.05) is 18.2 Å². The summed E-state index contributed by atoms with van der Waals surface area (Å²) >= 11 is 0. The van der Waals surface area contributed by atoms with Gasteiger partial charge in [0.05, 0.1) is 29.1 Å². The van der Waals surface area contributed by atoms with Gasteiger partial charge >= 0.3 is 0 Å². The fourth-order valence-electron chi connectivity index (χ4n) is 4.97. The number of hydrogen-bond donors (Lipinski definition) is 1. The van der Waals surface area contributed by atoms with Gasteiger partial charge in [0.25, 0.3) is 11.8 Å². The molecule has 0 spiro atoms. The van der Waals surface area contributed by atoms with Crippen molar-refractivity contribution in [3.63, 3.8) is 0 Å². The molecular weight excluding hydrogens is 404 g/mol. The zero-order valence-corrected chi connectivity index (χ0v) is 17.3. The number of likely N-dealkylation sites (tertiary alicyclic amines) is 1. The quantitative estimate of drug-likeness (QED) is 0.530. The maximum atomic E-state index is 13.6. The average molecular weight is 426 g/mol. The summed E-state index contributed by atoms with van der Waals surface area (Å²) in [6.45, 7) is 1.17. The van der Waals surface area contributed by atoms with Gasteiger partial charge in [0, 0.05) is 30.9 Å². The molecule has 6 rings (SSSR count). The fourth-order valence-corrected chi connectivity index (χ4v) is 4.97. The third-order valence-electron chi connectivity index (χ3n) is 6.66. The van der Waals surface area contributed by atoms with E-state index in [-0.39, 0.29) is 17.9 Å².